The molecule has 0 N–H and O–H groups in total. The summed E-state index contributed by atoms with van der Waals surface area (Å²) in [6, 6.07) is 54.1. The van der Waals surface area contributed by atoms with Crippen LogP contribution in [0.15, 0.2) is 140 Å². The number of aromatic nitrogens is 4. The average molecular weight is 810 g/mol. The fraction of sp³-hybridized carbons (Fsp3) is 0.0476. The first kappa shape index (κ1) is 29.3. The van der Waals surface area contributed by atoms with Gasteiger partial charge in [-0.25, -0.2) is 4.98 Å². The Morgan fingerprint density at radius 3 is 2.08 bits per heavy atom. The third kappa shape index (κ3) is 4.09. The van der Waals surface area contributed by atoms with Crippen molar-refractivity contribution in [2.75, 3.05) is 7.05 Å². The predicted octanol–water partition coefficient (Wildman–Crippen LogP) is 8.23. The second-order valence-electron chi connectivity index (χ2n) is 12.2. The zero-order chi connectivity index (χ0) is 31.8. The number of hydrogen-bond donors (Lipinski definition) is 0. The van der Waals surface area contributed by atoms with Gasteiger partial charge in [0.05, 0.1) is 11.9 Å². The molecule has 5 aromatic carbocycles. The number of pyridine rings is 1. The summed E-state index contributed by atoms with van der Waals surface area (Å²) in [4.78, 5) is 14.0. The number of nitrogens with zero attached hydrogens (tertiary/aromatic N) is 6. The molecule has 4 heterocycles. The van der Waals surface area contributed by atoms with Gasteiger partial charge in [0.2, 0.25) is 0 Å². The number of hydrogen-bond acceptors (Lipinski definition) is 3. The summed E-state index contributed by atoms with van der Waals surface area (Å²) >= 11 is 0. The fourth-order valence-electron chi connectivity index (χ4n) is 7.73. The zero-order valence-corrected chi connectivity index (χ0v) is 28.6. The predicted molar refractivity (Wildman–Crippen MR) is 188 cm³/mol. The SMILES string of the molecule is C[N+]1=C=[N+](c2[c-]c(C3(c4[c-]c5c(cc4)c4ccccc4n5-c4ccccn4)c4ccccc4-c4ccccc43)ccc2)c2nccnc21.[Pt+2]. The molecule has 3 aromatic heterocycles. The molecule has 7 heteroatoms. The molecular weight excluding hydrogens is 784 g/mol. The third-order valence-corrected chi connectivity index (χ3v) is 9.68. The second kappa shape index (κ2) is 11.1. The van der Waals surface area contributed by atoms with E-state index in [1.54, 1.807) is 12.4 Å². The Morgan fingerprint density at radius 1 is 0.612 bits per heavy atom. The minimum absolute atomic E-state index is 0. The van der Waals surface area contributed by atoms with Gasteiger partial charge in [0.25, 0.3) is 0 Å². The van der Waals surface area contributed by atoms with E-state index in [-0.39, 0.29) is 21.1 Å². The quantitative estimate of drug-likeness (QED) is 0.133. The molecule has 0 fully saturated rings. The van der Waals surface area contributed by atoms with Gasteiger partial charge in [-0.05, 0) is 45.8 Å². The van der Waals surface area contributed by atoms with Crippen LogP contribution >= 0.6 is 0 Å². The molecule has 0 saturated carbocycles. The van der Waals surface area contributed by atoms with Crippen LogP contribution in [0.25, 0.3) is 38.8 Å². The molecule has 49 heavy (non-hydrogen) atoms. The van der Waals surface area contributed by atoms with Crippen LogP contribution in [0, 0.1) is 12.1 Å². The maximum atomic E-state index is 4.79. The summed E-state index contributed by atoms with van der Waals surface area (Å²) in [6.07, 6.45) is 5.27. The Morgan fingerprint density at radius 2 is 1.31 bits per heavy atom. The maximum absolute atomic E-state index is 4.79. The van der Waals surface area contributed by atoms with Gasteiger partial charge in [-0.3, -0.25) is 0 Å². The molecule has 0 saturated heterocycles. The van der Waals surface area contributed by atoms with Gasteiger partial charge in [0, 0.05) is 22.1 Å². The van der Waals surface area contributed by atoms with Crippen molar-refractivity contribution in [3.8, 4) is 16.9 Å². The summed E-state index contributed by atoms with van der Waals surface area (Å²) in [5.41, 5.74) is 9.06. The van der Waals surface area contributed by atoms with E-state index >= 15 is 0 Å². The zero-order valence-electron chi connectivity index (χ0n) is 26.3. The van der Waals surface area contributed by atoms with Crippen molar-refractivity contribution in [1.82, 2.24) is 24.1 Å². The number of rotatable bonds is 4. The standard InChI is InChI=1S/C42H26N6.Pt/c1-46-27-47(41-40(46)44-23-24-45-41)30-12-10-11-28(25-30)42(35-16-5-2-13-31(35)32-14-3-6-17-36(32)42)29-20-21-34-33-15-4-7-18-37(33)48(38(34)26-29)39-19-8-9-22-43-39;/h2-24H,1H3;/q;+2. The van der Waals surface area contributed by atoms with Gasteiger partial charge in [-0.1, -0.05) is 78.3 Å². The molecule has 1 aliphatic heterocycles. The molecule has 0 radical (unpaired) electrons. The van der Waals surface area contributed by atoms with Crippen molar-refractivity contribution in [3.05, 3.63) is 174 Å². The summed E-state index contributed by atoms with van der Waals surface area (Å²) in [5.74, 6) is 2.34. The van der Waals surface area contributed by atoms with Crippen molar-refractivity contribution >= 4 is 45.1 Å². The third-order valence-electron chi connectivity index (χ3n) is 9.68. The van der Waals surface area contributed by atoms with E-state index in [0.717, 1.165) is 50.7 Å². The molecule has 2 aliphatic rings. The molecule has 0 spiro atoms. The van der Waals surface area contributed by atoms with Gasteiger partial charge >= 0.3 is 38.7 Å². The van der Waals surface area contributed by atoms with Gasteiger partial charge in [-0.2, -0.15) is 35.3 Å². The first-order chi connectivity index (χ1) is 23.7. The summed E-state index contributed by atoms with van der Waals surface area (Å²) in [6.45, 7) is 0. The Bertz CT molecular complexity index is 2640. The van der Waals surface area contributed by atoms with E-state index in [1.807, 2.05) is 34.5 Å². The molecule has 0 amide bonds. The van der Waals surface area contributed by atoms with Crippen molar-refractivity contribution in [2.24, 2.45) is 0 Å². The van der Waals surface area contributed by atoms with Crippen LogP contribution < -0.4 is 4.58 Å². The van der Waals surface area contributed by atoms with E-state index < -0.39 is 5.41 Å². The topological polar surface area (TPSA) is 49.6 Å². The molecule has 8 aromatic rings. The first-order valence-corrected chi connectivity index (χ1v) is 15.9. The van der Waals surface area contributed by atoms with Crippen LogP contribution in [-0.4, -0.2) is 37.2 Å². The first-order valence-electron chi connectivity index (χ1n) is 15.9. The molecule has 0 bridgehead atoms. The van der Waals surface area contributed by atoms with Gasteiger partial charge in [0.1, 0.15) is 12.9 Å². The molecule has 0 unspecified atom stereocenters. The molecule has 6 nitrogen and oxygen atoms in total. The average Bonchev–Trinajstić information content (AvgIpc) is 3.78. The number of para-hydroxylation sites is 1. The normalized spacial score (nSPS) is 13.7. The van der Waals surface area contributed by atoms with Crippen LogP contribution in [-0.2, 0) is 26.5 Å². The molecule has 0 atom stereocenters. The fourth-order valence-corrected chi connectivity index (χ4v) is 7.73. The summed E-state index contributed by atoms with van der Waals surface area (Å²) in [5, 5.41) is 2.30. The molecule has 232 valence electrons. The van der Waals surface area contributed by atoms with Crippen molar-refractivity contribution in [1.29, 1.82) is 0 Å². The van der Waals surface area contributed by atoms with E-state index in [4.69, 9.17) is 4.98 Å². The maximum Gasteiger partial charge on any atom is 2.00 e. The Hall–Kier alpha value is -5.80. The largest absolute Gasteiger partial charge is 2.00 e. The molecule has 10 rings (SSSR count). The van der Waals surface area contributed by atoms with Crippen LogP contribution in [0.1, 0.15) is 22.3 Å². The van der Waals surface area contributed by atoms with E-state index in [1.165, 1.54) is 27.6 Å². The van der Waals surface area contributed by atoms with Crippen LogP contribution in [0.4, 0.5) is 17.3 Å². The van der Waals surface area contributed by atoms with Gasteiger partial charge < -0.3 is 4.57 Å². The van der Waals surface area contributed by atoms with Crippen molar-refractivity contribution in [3.63, 3.8) is 0 Å². The summed E-state index contributed by atoms with van der Waals surface area (Å²) < 4.78 is 6.05. The number of benzene rings is 5. The minimum Gasteiger partial charge on any atom is -0.319 e. The monoisotopic (exact) mass is 809 g/mol. The Kier molecular flexibility index (Phi) is 6.67. The van der Waals surface area contributed by atoms with Gasteiger partial charge in [-0.15, -0.1) is 37.8 Å². The second-order valence-corrected chi connectivity index (χ2v) is 12.2. The molecular formula is C42H26N6Pt+2. The Balaban J connectivity index is 0.00000325. The smallest absolute Gasteiger partial charge is 0.319 e. The van der Waals surface area contributed by atoms with E-state index in [0.29, 0.717) is 0 Å². The van der Waals surface area contributed by atoms with Crippen molar-refractivity contribution in [2.45, 2.75) is 5.41 Å². The van der Waals surface area contributed by atoms with Crippen LogP contribution in [0.3, 0.4) is 0 Å². The van der Waals surface area contributed by atoms with Crippen molar-refractivity contribution < 1.29 is 25.6 Å². The van der Waals surface area contributed by atoms with Crippen LogP contribution in [0.2, 0.25) is 0 Å². The Labute approximate surface area is 297 Å². The van der Waals surface area contributed by atoms with E-state index in [2.05, 4.69) is 142 Å². The minimum atomic E-state index is -0.709. The van der Waals surface area contributed by atoms with E-state index in [9.17, 15) is 0 Å². The summed E-state index contributed by atoms with van der Waals surface area (Å²) in [7, 11) is 1.94. The number of fused-ring (bicyclic) bond motifs is 7. The van der Waals surface area contributed by atoms with Crippen LogP contribution in [0.5, 0.6) is 0 Å². The van der Waals surface area contributed by atoms with Gasteiger partial charge in [0.15, 0.2) is 6.20 Å². The molecule has 1 aliphatic carbocycles.